The summed E-state index contributed by atoms with van der Waals surface area (Å²) in [5.74, 6) is -0.0379. The molecule has 1 aliphatic rings. The fraction of sp³-hybridized carbons (Fsp3) is 0.368. The van der Waals surface area contributed by atoms with Crippen LogP contribution in [0.3, 0.4) is 0 Å². The van der Waals surface area contributed by atoms with Crippen molar-refractivity contribution >= 4 is 5.91 Å². The first-order chi connectivity index (χ1) is 11.6. The molecule has 1 amide bonds. The molecule has 5 heteroatoms. The molecule has 0 radical (unpaired) electrons. The third-order valence-electron chi connectivity index (χ3n) is 4.44. The van der Waals surface area contributed by atoms with Crippen molar-refractivity contribution in [1.82, 2.24) is 9.88 Å². The lowest BCUT2D eigenvalue weighted by molar-refractivity contribution is -0.123. The lowest BCUT2D eigenvalue weighted by atomic mass is 9.92. The summed E-state index contributed by atoms with van der Waals surface area (Å²) in [7, 11) is 0. The zero-order valence-electron chi connectivity index (χ0n) is 13.8. The number of nitrogens with zero attached hydrogens (tertiary/aromatic N) is 2. The van der Waals surface area contributed by atoms with Crippen molar-refractivity contribution in [1.29, 1.82) is 0 Å². The number of aliphatic hydroxyl groups is 1. The van der Waals surface area contributed by atoms with Crippen molar-refractivity contribution in [3.8, 4) is 0 Å². The number of aromatic nitrogens is 1. The van der Waals surface area contributed by atoms with E-state index in [1.807, 2.05) is 37.3 Å². The number of morpholine rings is 1. The van der Waals surface area contributed by atoms with Crippen LogP contribution in [0.25, 0.3) is 0 Å². The molecule has 0 saturated carbocycles. The Morgan fingerprint density at radius 3 is 2.83 bits per heavy atom. The second-order valence-electron chi connectivity index (χ2n) is 6.27. The molecule has 1 aromatic heterocycles. The Morgan fingerprint density at radius 2 is 2.12 bits per heavy atom. The van der Waals surface area contributed by atoms with Crippen LogP contribution >= 0.6 is 0 Å². The van der Waals surface area contributed by atoms with Crippen LogP contribution in [0.1, 0.15) is 21.5 Å². The molecule has 0 spiro atoms. The number of hydrogen-bond donors (Lipinski definition) is 1. The first-order valence-corrected chi connectivity index (χ1v) is 8.12. The van der Waals surface area contributed by atoms with Gasteiger partial charge in [0.2, 0.25) is 0 Å². The average molecular weight is 326 g/mol. The molecule has 5 nitrogen and oxygen atoms in total. The Labute approximate surface area is 141 Å². The van der Waals surface area contributed by atoms with Crippen molar-refractivity contribution in [3.63, 3.8) is 0 Å². The summed E-state index contributed by atoms with van der Waals surface area (Å²) >= 11 is 0. The van der Waals surface area contributed by atoms with Crippen LogP contribution in [0.2, 0.25) is 0 Å². The summed E-state index contributed by atoms with van der Waals surface area (Å²) in [4.78, 5) is 18.6. The maximum atomic E-state index is 12.8. The fourth-order valence-electron chi connectivity index (χ4n) is 3.13. The SMILES string of the molecule is Cc1cnccc1C(=O)N1CCO[C@@](CO)(Cc2ccccc2)C1. The van der Waals surface area contributed by atoms with Crippen LogP contribution in [0, 0.1) is 6.92 Å². The van der Waals surface area contributed by atoms with E-state index in [2.05, 4.69) is 4.98 Å². The molecule has 24 heavy (non-hydrogen) atoms. The van der Waals surface area contributed by atoms with Crippen molar-refractivity contribution in [2.75, 3.05) is 26.3 Å². The van der Waals surface area contributed by atoms with Crippen molar-refractivity contribution in [2.24, 2.45) is 0 Å². The quantitative estimate of drug-likeness (QED) is 0.931. The molecule has 1 aromatic carbocycles. The summed E-state index contributed by atoms with van der Waals surface area (Å²) in [5.41, 5.74) is 1.84. The molecule has 2 aromatic rings. The van der Waals surface area contributed by atoms with E-state index >= 15 is 0 Å². The summed E-state index contributed by atoms with van der Waals surface area (Å²) in [5, 5.41) is 9.95. The van der Waals surface area contributed by atoms with Gasteiger partial charge < -0.3 is 14.7 Å². The first-order valence-electron chi connectivity index (χ1n) is 8.12. The molecular weight excluding hydrogens is 304 g/mol. The van der Waals surface area contributed by atoms with Crippen LogP contribution in [-0.2, 0) is 11.2 Å². The summed E-state index contributed by atoms with van der Waals surface area (Å²) in [6.07, 6.45) is 3.89. The highest BCUT2D eigenvalue weighted by molar-refractivity contribution is 5.95. The minimum absolute atomic E-state index is 0.0379. The Bertz CT molecular complexity index is 705. The minimum Gasteiger partial charge on any atom is -0.393 e. The molecule has 1 fully saturated rings. The monoisotopic (exact) mass is 326 g/mol. The molecule has 2 heterocycles. The van der Waals surface area contributed by atoms with Crippen LogP contribution in [0.4, 0.5) is 0 Å². The van der Waals surface area contributed by atoms with E-state index in [1.54, 1.807) is 23.4 Å². The average Bonchev–Trinajstić information content (AvgIpc) is 2.62. The maximum absolute atomic E-state index is 12.8. The zero-order valence-corrected chi connectivity index (χ0v) is 13.8. The Kier molecular flexibility index (Phi) is 4.92. The molecule has 0 unspecified atom stereocenters. The van der Waals surface area contributed by atoms with E-state index < -0.39 is 5.60 Å². The molecule has 0 aliphatic carbocycles. The molecule has 1 aliphatic heterocycles. The second kappa shape index (κ2) is 7.11. The van der Waals surface area contributed by atoms with Gasteiger partial charge >= 0.3 is 0 Å². The van der Waals surface area contributed by atoms with E-state index in [0.29, 0.717) is 31.7 Å². The molecule has 1 saturated heterocycles. The number of carbonyl (C=O) groups is 1. The van der Waals surface area contributed by atoms with E-state index in [9.17, 15) is 9.90 Å². The molecular formula is C19H22N2O3. The van der Waals surface area contributed by atoms with Gasteiger partial charge in [0.15, 0.2) is 0 Å². The van der Waals surface area contributed by atoms with E-state index in [4.69, 9.17) is 4.74 Å². The van der Waals surface area contributed by atoms with E-state index in [-0.39, 0.29) is 12.5 Å². The van der Waals surface area contributed by atoms with Gasteiger partial charge in [0.1, 0.15) is 5.60 Å². The van der Waals surface area contributed by atoms with Gasteiger partial charge in [-0.2, -0.15) is 0 Å². The fourth-order valence-corrected chi connectivity index (χ4v) is 3.13. The predicted molar refractivity (Wildman–Crippen MR) is 90.8 cm³/mol. The van der Waals surface area contributed by atoms with Crippen LogP contribution in [0.15, 0.2) is 48.8 Å². The number of rotatable bonds is 4. The predicted octanol–water partition coefficient (Wildman–Crippen LogP) is 1.84. The number of aliphatic hydroxyl groups excluding tert-OH is 1. The van der Waals surface area contributed by atoms with Crippen LogP contribution in [-0.4, -0.2) is 52.8 Å². The van der Waals surface area contributed by atoms with Crippen molar-refractivity contribution < 1.29 is 14.6 Å². The molecule has 3 rings (SSSR count). The first kappa shape index (κ1) is 16.6. The molecule has 1 atom stereocenters. The smallest absolute Gasteiger partial charge is 0.254 e. The lowest BCUT2D eigenvalue weighted by Gasteiger charge is -2.42. The van der Waals surface area contributed by atoms with Gasteiger partial charge in [-0.3, -0.25) is 9.78 Å². The lowest BCUT2D eigenvalue weighted by Crippen LogP contribution is -2.56. The molecule has 126 valence electrons. The van der Waals surface area contributed by atoms with Gasteiger partial charge in [0.05, 0.1) is 19.8 Å². The number of amides is 1. The van der Waals surface area contributed by atoms with E-state index in [0.717, 1.165) is 11.1 Å². The number of carbonyl (C=O) groups excluding carboxylic acids is 1. The van der Waals surface area contributed by atoms with Gasteiger partial charge in [0.25, 0.3) is 5.91 Å². The Hall–Kier alpha value is -2.24. The Morgan fingerprint density at radius 1 is 1.33 bits per heavy atom. The van der Waals surface area contributed by atoms with Gasteiger partial charge in [-0.25, -0.2) is 0 Å². The highest BCUT2D eigenvalue weighted by atomic mass is 16.5. The van der Waals surface area contributed by atoms with Crippen LogP contribution < -0.4 is 0 Å². The number of pyridine rings is 1. The van der Waals surface area contributed by atoms with Crippen LogP contribution in [0.5, 0.6) is 0 Å². The third-order valence-corrected chi connectivity index (χ3v) is 4.44. The van der Waals surface area contributed by atoms with E-state index in [1.165, 1.54) is 0 Å². The highest BCUT2D eigenvalue weighted by Crippen LogP contribution is 2.24. The van der Waals surface area contributed by atoms with Gasteiger partial charge in [0, 0.05) is 30.9 Å². The highest BCUT2D eigenvalue weighted by Gasteiger charge is 2.38. The topological polar surface area (TPSA) is 62.7 Å². The molecule has 1 N–H and O–H groups in total. The largest absolute Gasteiger partial charge is 0.393 e. The molecule has 0 bridgehead atoms. The zero-order chi connectivity index (χ0) is 17.0. The van der Waals surface area contributed by atoms with Gasteiger partial charge in [-0.15, -0.1) is 0 Å². The maximum Gasteiger partial charge on any atom is 0.254 e. The number of ether oxygens (including phenoxy) is 1. The summed E-state index contributed by atoms with van der Waals surface area (Å²) in [6, 6.07) is 11.6. The van der Waals surface area contributed by atoms with Gasteiger partial charge in [-0.1, -0.05) is 30.3 Å². The van der Waals surface area contributed by atoms with Crippen molar-refractivity contribution in [3.05, 3.63) is 65.5 Å². The summed E-state index contributed by atoms with van der Waals surface area (Å²) < 4.78 is 5.91. The Balaban J connectivity index is 1.79. The number of benzene rings is 1. The number of aryl methyl sites for hydroxylation is 1. The normalized spacial score (nSPS) is 20.8. The third kappa shape index (κ3) is 3.47. The minimum atomic E-state index is -0.754. The van der Waals surface area contributed by atoms with Crippen molar-refractivity contribution in [2.45, 2.75) is 18.9 Å². The number of hydrogen-bond acceptors (Lipinski definition) is 4. The second-order valence-corrected chi connectivity index (χ2v) is 6.27. The standard InChI is InChI=1S/C19H22N2O3/c1-15-12-20-8-7-17(15)18(23)21-9-10-24-19(13-21,14-22)11-16-5-3-2-4-6-16/h2-8,12,22H,9-11,13-14H2,1H3/t19-/m0/s1. The summed E-state index contributed by atoms with van der Waals surface area (Å²) in [6.45, 7) is 3.07. The van der Waals surface area contributed by atoms with Gasteiger partial charge in [-0.05, 0) is 24.1 Å².